The van der Waals surface area contributed by atoms with E-state index in [4.69, 9.17) is 16.3 Å². The predicted octanol–water partition coefficient (Wildman–Crippen LogP) is 4.50. The molecule has 0 spiro atoms. The number of nitrogens with zero attached hydrogens (tertiary/aromatic N) is 3. The van der Waals surface area contributed by atoms with Crippen LogP contribution in [0.15, 0.2) is 66.7 Å². The smallest absolute Gasteiger partial charge is 0.322 e. The normalized spacial score (nSPS) is 18.5. The summed E-state index contributed by atoms with van der Waals surface area (Å²) in [5, 5.41) is 6.65. The molecule has 0 unspecified atom stereocenters. The van der Waals surface area contributed by atoms with Crippen molar-refractivity contribution in [3.05, 3.63) is 100 Å². The van der Waals surface area contributed by atoms with Crippen molar-refractivity contribution in [2.24, 2.45) is 0 Å². The summed E-state index contributed by atoms with van der Waals surface area (Å²) >= 11 is 6.16. The molecule has 2 amide bonds. The largest absolute Gasteiger partial charge is 0.483 e. The lowest BCUT2D eigenvalue weighted by Crippen LogP contribution is -2.58. The Hall–Kier alpha value is -4.10. The Balaban J connectivity index is 0.000000314. The number of ether oxygens (including phenoxy) is 2. The maximum absolute atomic E-state index is 13.2. The summed E-state index contributed by atoms with van der Waals surface area (Å²) in [6.07, 6.45) is 0. The number of hydrogen-bond donors (Lipinski definition) is 2. The number of rotatable bonds is 10. The summed E-state index contributed by atoms with van der Waals surface area (Å²) in [4.78, 5) is 43.1. The van der Waals surface area contributed by atoms with Gasteiger partial charge in [0.1, 0.15) is 23.4 Å². The number of nitrogens with one attached hydrogen (secondary N) is 2. The minimum atomic E-state index is -0.361. The minimum Gasteiger partial charge on any atom is -0.483 e. The van der Waals surface area contributed by atoms with Gasteiger partial charge < -0.3 is 29.9 Å². The number of esters is 1. The van der Waals surface area contributed by atoms with E-state index in [1.807, 2.05) is 11.8 Å². The first-order valence-electron chi connectivity index (χ1n) is 16.7. The Morgan fingerprint density at radius 3 is 2.16 bits per heavy atom. The highest BCUT2D eigenvalue weighted by atomic mass is 35.5. The van der Waals surface area contributed by atoms with Crippen LogP contribution < -0.4 is 15.4 Å². The molecule has 3 atom stereocenters. The molecule has 50 heavy (non-hydrogen) atoms. The van der Waals surface area contributed by atoms with Gasteiger partial charge in [0.15, 0.2) is 6.61 Å². The van der Waals surface area contributed by atoms with E-state index in [1.165, 1.54) is 31.4 Å². The highest BCUT2D eigenvalue weighted by Gasteiger charge is 2.32. The van der Waals surface area contributed by atoms with Gasteiger partial charge in [-0.25, -0.2) is 8.78 Å². The zero-order valence-electron chi connectivity index (χ0n) is 29.0. The first kappa shape index (κ1) is 38.7. The SMILES string of the molecule is COC(=O)[C@@H](C)NCc1ccc(F)cc1.C[C@@H]1CN(Cc2ccc(F)cc2)[C@@H](C)CN1C(=O)COc1ccc(Cl)cc1C(=O)N1CCNCC1. The topological polar surface area (TPSA) is 103 Å². The number of amides is 2. The number of carbonyl (C=O) groups excluding carboxylic acids is 3. The highest BCUT2D eigenvalue weighted by Crippen LogP contribution is 2.25. The molecule has 13 heteroatoms. The fraction of sp³-hybridized carbons (Fsp3) is 0.432. The maximum Gasteiger partial charge on any atom is 0.322 e. The van der Waals surface area contributed by atoms with Crippen LogP contribution >= 0.6 is 11.6 Å². The van der Waals surface area contributed by atoms with Crippen LogP contribution in [-0.4, -0.2) is 104 Å². The molecular formula is C37H46ClF2N5O5. The summed E-state index contributed by atoms with van der Waals surface area (Å²) in [5.74, 6) is -0.725. The van der Waals surface area contributed by atoms with Crippen molar-refractivity contribution in [2.75, 3.05) is 53.0 Å². The average Bonchev–Trinajstić information content (AvgIpc) is 3.12. The Morgan fingerprint density at radius 2 is 1.54 bits per heavy atom. The molecule has 5 rings (SSSR count). The van der Waals surface area contributed by atoms with Crippen LogP contribution in [0.25, 0.3) is 0 Å². The van der Waals surface area contributed by atoms with Crippen LogP contribution in [0.4, 0.5) is 8.78 Å². The van der Waals surface area contributed by atoms with Crippen LogP contribution in [0.2, 0.25) is 5.02 Å². The summed E-state index contributed by atoms with van der Waals surface area (Å²) in [6.45, 7) is 10.9. The minimum absolute atomic E-state index is 0.00471. The van der Waals surface area contributed by atoms with Gasteiger partial charge in [0.25, 0.3) is 11.8 Å². The lowest BCUT2D eigenvalue weighted by Gasteiger charge is -2.44. The molecule has 0 radical (unpaired) electrons. The van der Waals surface area contributed by atoms with E-state index in [1.54, 1.807) is 54.3 Å². The second kappa shape index (κ2) is 18.8. The van der Waals surface area contributed by atoms with E-state index in [0.717, 1.165) is 24.2 Å². The van der Waals surface area contributed by atoms with Gasteiger partial charge in [-0.15, -0.1) is 0 Å². The highest BCUT2D eigenvalue weighted by molar-refractivity contribution is 6.31. The quantitative estimate of drug-likeness (QED) is 0.297. The summed E-state index contributed by atoms with van der Waals surface area (Å²) in [5.41, 5.74) is 2.34. The fourth-order valence-electron chi connectivity index (χ4n) is 5.78. The summed E-state index contributed by atoms with van der Waals surface area (Å²) in [6, 6.07) is 17.3. The molecule has 0 aliphatic carbocycles. The van der Waals surface area contributed by atoms with Gasteiger partial charge in [-0.2, -0.15) is 0 Å². The molecule has 0 bridgehead atoms. The second-order valence-electron chi connectivity index (χ2n) is 12.5. The molecule has 2 saturated heterocycles. The Morgan fingerprint density at radius 1 is 0.920 bits per heavy atom. The molecule has 0 saturated carbocycles. The summed E-state index contributed by atoms with van der Waals surface area (Å²) in [7, 11) is 1.35. The number of halogens is 3. The van der Waals surface area contributed by atoms with Crippen LogP contribution in [0.1, 0.15) is 42.3 Å². The third-order valence-corrected chi connectivity index (χ3v) is 8.98. The monoisotopic (exact) mass is 713 g/mol. The lowest BCUT2D eigenvalue weighted by molar-refractivity contribution is -0.142. The van der Waals surface area contributed by atoms with Gasteiger partial charge in [-0.1, -0.05) is 35.9 Å². The van der Waals surface area contributed by atoms with Crippen molar-refractivity contribution < 1.29 is 32.6 Å². The molecule has 0 aromatic heterocycles. The molecule has 2 fully saturated rings. The lowest BCUT2D eigenvalue weighted by atomic mass is 10.1. The van der Waals surface area contributed by atoms with E-state index in [2.05, 4.69) is 27.2 Å². The first-order chi connectivity index (χ1) is 23.9. The van der Waals surface area contributed by atoms with Crippen molar-refractivity contribution in [3.8, 4) is 5.75 Å². The maximum atomic E-state index is 13.2. The Kier molecular flexibility index (Phi) is 14.5. The zero-order chi connectivity index (χ0) is 36.2. The fourth-order valence-corrected chi connectivity index (χ4v) is 5.95. The van der Waals surface area contributed by atoms with Crippen molar-refractivity contribution in [1.82, 2.24) is 25.3 Å². The Labute approximate surface area is 297 Å². The van der Waals surface area contributed by atoms with E-state index in [0.29, 0.717) is 55.6 Å². The third-order valence-electron chi connectivity index (χ3n) is 8.74. The number of piperazine rings is 2. The molecule has 3 aromatic rings. The van der Waals surface area contributed by atoms with Gasteiger partial charge in [-0.3, -0.25) is 19.3 Å². The van der Waals surface area contributed by atoms with Crippen LogP contribution in [0.3, 0.4) is 0 Å². The first-order valence-corrected chi connectivity index (χ1v) is 17.1. The molecule has 2 aliphatic heterocycles. The van der Waals surface area contributed by atoms with Gasteiger partial charge in [-0.05, 0) is 74.4 Å². The van der Waals surface area contributed by atoms with Crippen molar-refractivity contribution >= 4 is 29.4 Å². The van der Waals surface area contributed by atoms with E-state index >= 15 is 0 Å². The molecule has 270 valence electrons. The molecule has 3 aromatic carbocycles. The van der Waals surface area contributed by atoms with Crippen LogP contribution in [0, 0.1) is 11.6 Å². The number of methoxy groups -OCH3 is 1. The summed E-state index contributed by atoms with van der Waals surface area (Å²) < 4.78 is 36.2. The molecule has 2 aliphatic rings. The van der Waals surface area contributed by atoms with Crippen molar-refractivity contribution in [2.45, 2.75) is 52.0 Å². The van der Waals surface area contributed by atoms with Crippen molar-refractivity contribution in [3.63, 3.8) is 0 Å². The van der Waals surface area contributed by atoms with Crippen LogP contribution in [-0.2, 0) is 27.4 Å². The second-order valence-corrected chi connectivity index (χ2v) is 13.0. The average molecular weight is 714 g/mol. The molecule has 10 nitrogen and oxygen atoms in total. The Bertz CT molecular complexity index is 1570. The molecule has 2 heterocycles. The van der Waals surface area contributed by atoms with Gasteiger partial charge in [0.05, 0.1) is 12.7 Å². The predicted molar refractivity (Wildman–Crippen MR) is 188 cm³/mol. The third kappa shape index (κ3) is 11.2. The van der Waals surface area contributed by atoms with Crippen LogP contribution in [0.5, 0.6) is 5.75 Å². The number of benzene rings is 3. The van der Waals surface area contributed by atoms with E-state index in [9.17, 15) is 23.2 Å². The van der Waals surface area contributed by atoms with Crippen molar-refractivity contribution in [1.29, 1.82) is 0 Å². The van der Waals surface area contributed by atoms with E-state index in [-0.39, 0.29) is 54.2 Å². The molecular weight excluding hydrogens is 668 g/mol. The van der Waals surface area contributed by atoms with Gasteiger partial charge >= 0.3 is 5.97 Å². The van der Waals surface area contributed by atoms with Gasteiger partial charge in [0.2, 0.25) is 0 Å². The zero-order valence-corrected chi connectivity index (χ0v) is 29.7. The van der Waals surface area contributed by atoms with Gasteiger partial charge in [0, 0.05) is 69.5 Å². The number of hydrogen-bond acceptors (Lipinski definition) is 8. The van der Waals surface area contributed by atoms with E-state index < -0.39 is 0 Å². The number of carbonyl (C=O) groups is 3. The molecule has 2 N–H and O–H groups in total. The standard InChI is InChI=1S/C26H32ClFN4O3.C11H14FNO2/c1-18-15-32(19(2)14-31(18)16-20-3-6-22(28)7-4-20)25(33)17-35-24-8-5-21(27)13-23(24)26(34)30-11-9-29-10-12-30;1-8(11(14)15-2)13-7-9-3-5-10(12)6-4-9/h3-8,13,18-19,29H,9-12,14-17H2,1-2H3;3-6,8,13H,7H2,1-2H3/t18-,19+;8-/m01/s1.